The molecule has 2 nitrogen and oxygen atoms in total. The average Bonchev–Trinajstić information content (AvgIpc) is 2.03. The lowest BCUT2D eigenvalue weighted by Crippen LogP contribution is -1.87. The minimum absolute atomic E-state index is 0.366. The van der Waals surface area contributed by atoms with Crippen LogP contribution in [0.4, 0.5) is 10.1 Å². The molecule has 0 aliphatic rings. The number of nitrogens with zero attached hydrogens (tertiary/aromatic N) is 1. The number of hydrogen-bond acceptors (Lipinski definition) is 2. The molecule has 0 heterocycles. The van der Waals surface area contributed by atoms with E-state index in [0.29, 0.717) is 11.3 Å². The van der Waals surface area contributed by atoms with Gasteiger partial charge >= 0.3 is 0 Å². The number of rotatable bonds is 1. The SMILES string of the molecule is N#CC=Cc1ccc(N)cc1F. The summed E-state index contributed by atoms with van der Waals surface area (Å²) in [5, 5.41) is 8.19. The van der Waals surface area contributed by atoms with E-state index in [1.165, 1.54) is 24.3 Å². The molecule has 0 saturated heterocycles. The standard InChI is InChI=1S/C9H7FN2/c10-9-6-8(12)4-3-7(9)2-1-5-11/h1-4,6H,12H2. The van der Waals surface area contributed by atoms with Crippen LogP contribution in [0.1, 0.15) is 5.56 Å². The van der Waals surface area contributed by atoms with E-state index in [1.807, 2.05) is 0 Å². The summed E-state index contributed by atoms with van der Waals surface area (Å²) in [5.74, 6) is -0.415. The van der Waals surface area contributed by atoms with Crippen molar-refractivity contribution in [3.05, 3.63) is 35.7 Å². The first-order valence-electron chi connectivity index (χ1n) is 3.35. The molecule has 1 aromatic rings. The van der Waals surface area contributed by atoms with Crippen molar-refractivity contribution < 1.29 is 4.39 Å². The van der Waals surface area contributed by atoms with Crippen LogP contribution in [0.25, 0.3) is 6.08 Å². The summed E-state index contributed by atoms with van der Waals surface area (Å²) < 4.78 is 12.9. The van der Waals surface area contributed by atoms with Gasteiger partial charge < -0.3 is 5.73 Å². The highest BCUT2D eigenvalue weighted by Gasteiger charge is 1.97. The molecule has 0 radical (unpaired) electrons. The van der Waals surface area contributed by atoms with Crippen molar-refractivity contribution in [3.63, 3.8) is 0 Å². The van der Waals surface area contributed by atoms with Crippen molar-refractivity contribution in [1.29, 1.82) is 5.26 Å². The number of anilines is 1. The fourth-order valence-corrected chi connectivity index (χ4v) is 0.806. The Bertz CT molecular complexity index is 350. The predicted molar refractivity (Wildman–Crippen MR) is 45.5 cm³/mol. The minimum atomic E-state index is -0.415. The molecule has 0 amide bonds. The second-order valence-corrected chi connectivity index (χ2v) is 2.24. The molecule has 0 atom stereocenters. The van der Waals surface area contributed by atoms with E-state index in [2.05, 4.69) is 0 Å². The number of nitrogen functional groups attached to an aromatic ring is 1. The van der Waals surface area contributed by atoms with Gasteiger partial charge in [0.1, 0.15) is 5.82 Å². The number of benzene rings is 1. The molecule has 3 heteroatoms. The molecule has 12 heavy (non-hydrogen) atoms. The Morgan fingerprint density at radius 3 is 2.83 bits per heavy atom. The minimum Gasteiger partial charge on any atom is -0.399 e. The fraction of sp³-hybridized carbons (Fsp3) is 0. The van der Waals surface area contributed by atoms with E-state index in [-0.39, 0.29) is 0 Å². The molecule has 2 N–H and O–H groups in total. The number of hydrogen-bond donors (Lipinski definition) is 1. The van der Waals surface area contributed by atoms with Gasteiger partial charge in [0.25, 0.3) is 0 Å². The third-order valence-electron chi connectivity index (χ3n) is 1.36. The molecule has 0 saturated carbocycles. The maximum atomic E-state index is 12.9. The average molecular weight is 162 g/mol. The Labute approximate surface area is 69.7 Å². The van der Waals surface area contributed by atoms with Crippen LogP contribution >= 0.6 is 0 Å². The molecule has 0 aliphatic carbocycles. The Balaban J connectivity index is 3.03. The van der Waals surface area contributed by atoms with Crippen molar-refractivity contribution in [2.45, 2.75) is 0 Å². The van der Waals surface area contributed by atoms with Gasteiger partial charge in [-0.3, -0.25) is 0 Å². The summed E-state index contributed by atoms with van der Waals surface area (Å²) in [5.41, 5.74) is 6.07. The highest BCUT2D eigenvalue weighted by atomic mass is 19.1. The van der Waals surface area contributed by atoms with Gasteiger partial charge in [-0.15, -0.1) is 0 Å². The summed E-state index contributed by atoms with van der Waals surface area (Å²) in [6, 6.07) is 6.11. The van der Waals surface area contributed by atoms with Crippen LogP contribution in [-0.2, 0) is 0 Å². The number of nitrogens with two attached hydrogens (primary N) is 1. The van der Waals surface area contributed by atoms with E-state index in [0.717, 1.165) is 0 Å². The largest absolute Gasteiger partial charge is 0.399 e. The second-order valence-electron chi connectivity index (χ2n) is 2.24. The van der Waals surface area contributed by atoms with Crippen LogP contribution in [0.5, 0.6) is 0 Å². The molecule has 60 valence electrons. The second kappa shape index (κ2) is 3.54. The topological polar surface area (TPSA) is 49.8 Å². The quantitative estimate of drug-likeness (QED) is 0.506. The number of allylic oxidation sites excluding steroid dienone is 1. The molecule has 0 unspecified atom stereocenters. The zero-order chi connectivity index (χ0) is 8.97. The smallest absolute Gasteiger partial charge is 0.132 e. The zero-order valence-electron chi connectivity index (χ0n) is 6.29. The fourth-order valence-electron chi connectivity index (χ4n) is 0.806. The molecule has 0 aliphatic heterocycles. The Kier molecular flexibility index (Phi) is 2.44. The summed E-state index contributed by atoms with van der Waals surface area (Å²) in [7, 11) is 0. The van der Waals surface area contributed by atoms with Gasteiger partial charge in [-0.05, 0) is 24.3 Å². The first-order chi connectivity index (χ1) is 5.74. The van der Waals surface area contributed by atoms with Crippen molar-refractivity contribution in [2.75, 3.05) is 5.73 Å². The molecule has 0 bridgehead atoms. The molecule has 1 rings (SSSR count). The third-order valence-corrected chi connectivity index (χ3v) is 1.36. The van der Waals surface area contributed by atoms with Crippen molar-refractivity contribution >= 4 is 11.8 Å². The number of nitriles is 1. The first kappa shape index (κ1) is 8.28. The molecule has 0 spiro atoms. The van der Waals surface area contributed by atoms with Crippen LogP contribution in [0.3, 0.4) is 0 Å². The van der Waals surface area contributed by atoms with Crippen LogP contribution in [0.2, 0.25) is 0 Å². The highest BCUT2D eigenvalue weighted by Crippen LogP contribution is 2.12. The van der Waals surface area contributed by atoms with Gasteiger partial charge in [-0.25, -0.2) is 4.39 Å². The number of halogens is 1. The summed E-state index contributed by atoms with van der Waals surface area (Å²) in [6.07, 6.45) is 2.61. The van der Waals surface area contributed by atoms with Crippen LogP contribution in [0, 0.1) is 17.1 Å². The lowest BCUT2D eigenvalue weighted by Gasteiger charge is -1.96. The third kappa shape index (κ3) is 1.83. The van der Waals surface area contributed by atoms with Crippen molar-refractivity contribution in [2.24, 2.45) is 0 Å². The molecular formula is C9H7FN2. The molecular weight excluding hydrogens is 155 g/mol. The van der Waals surface area contributed by atoms with Gasteiger partial charge in [0.15, 0.2) is 0 Å². The van der Waals surface area contributed by atoms with Gasteiger partial charge in [0.2, 0.25) is 0 Å². The Morgan fingerprint density at radius 2 is 2.25 bits per heavy atom. The highest BCUT2D eigenvalue weighted by molar-refractivity contribution is 5.55. The lowest BCUT2D eigenvalue weighted by atomic mass is 10.2. The summed E-state index contributed by atoms with van der Waals surface area (Å²) >= 11 is 0. The molecule has 0 aromatic heterocycles. The Morgan fingerprint density at radius 1 is 1.50 bits per heavy atom. The van der Waals surface area contributed by atoms with E-state index >= 15 is 0 Å². The van der Waals surface area contributed by atoms with Gasteiger partial charge in [0.05, 0.1) is 6.07 Å². The van der Waals surface area contributed by atoms with E-state index in [9.17, 15) is 4.39 Å². The zero-order valence-corrected chi connectivity index (χ0v) is 6.29. The monoisotopic (exact) mass is 162 g/mol. The van der Waals surface area contributed by atoms with Gasteiger partial charge in [-0.2, -0.15) is 5.26 Å². The molecule has 1 aromatic carbocycles. The first-order valence-corrected chi connectivity index (χ1v) is 3.35. The van der Waals surface area contributed by atoms with E-state index < -0.39 is 5.82 Å². The van der Waals surface area contributed by atoms with Crippen molar-refractivity contribution in [3.8, 4) is 6.07 Å². The van der Waals surface area contributed by atoms with E-state index in [4.69, 9.17) is 11.0 Å². The molecule has 0 fully saturated rings. The van der Waals surface area contributed by atoms with Crippen LogP contribution in [-0.4, -0.2) is 0 Å². The normalized spacial score (nSPS) is 10.0. The summed E-state index contributed by atoms with van der Waals surface area (Å²) in [4.78, 5) is 0. The maximum Gasteiger partial charge on any atom is 0.132 e. The van der Waals surface area contributed by atoms with Gasteiger partial charge in [-0.1, -0.05) is 0 Å². The Hall–Kier alpha value is -1.82. The van der Waals surface area contributed by atoms with Crippen molar-refractivity contribution in [1.82, 2.24) is 0 Å². The predicted octanol–water partition coefficient (Wildman–Crippen LogP) is 1.94. The van der Waals surface area contributed by atoms with E-state index in [1.54, 1.807) is 12.1 Å². The van der Waals surface area contributed by atoms with Crippen LogP contribution < -0.4 is 5.73 Å². The van der Waals surface area contributed by atoms with Crippen LogP contribution in [0.15, 0.2) is 24.3 Å². The lowest BCUT2D eigenvalue weighted by molar-refractivity contribution is 0.626. The summed E-state index contributed by atoms with van der Waals surface area (Å²) in [6.45, 7) is 0. The maximum absolute atomic E-state index is 12.9. The van der Waals surface area contributed by atoms with Gasteiger partial charge in [0, 0.05) is 17.3 Å².